The summed E-state index contributed by atoms with van der Waals surface area (Å²) in [7, 11) is 5.07. The Morgan fingerprint density at radius 1 is 1.39 bits per heavy atom. The number of aromatic nitrogens is 3. The Bertz CT molecular complexity index is 369. The molecule has 1 saturated heterocycles. The Morgan fingerprint density at radius 2 is 2.06 bits per heavy atom. The molecule has 0 N–H and O–H groups in total. The second-order valence-electron chi connectivity index (χ2n) is 3.72. The van der Waals surface area contributed by atoms with Crippen LogP contribution in [0.3, 0.4) is 0 Å². The van der Waals surface area contributed by atoms with Gasteiger partial charge in [0.15, 0.2) is 5.82 Å². The third-order valence-electron chi connectivity index (χ3n) is 2.92. The number of likely N-dealkylation sites (N-methyl/N-ethyl adjacent to an activating group) is 1. The van der Waals surface area contributed by atoms with Crippen molar-refractivity contribution in [1.29, 1.82) is 0 Å². The molecule has 102 valence electrons. The van der Waals surface area contributed by atoms with Crippen molar-refractivity contribution in [3.05, 3.63) is 18.5 Å². The van der Waals surface area contributed by atoms with Crippen molar-refractivity contribution in [2.45, 2.75) is 12.0 Å². The summed E-state index contributed by atoms with van der Waals surface area (Å²) >= 11 is 0. The SMILES string of the molecule is COC1OCCN(C)C1(OC)c1ncncn1.Cl. The average molecular weight is 277 g/mol. The third kappa shape index (κ3) is 2.32. The topological polar surface area (TPSA) is 69.6 Å². The first-order valence-electron chi connectivity index (χ1n) is 5.29. The Morgan fingerprint density at radius 3 is 2.61 bits per heavy atom. The second kappa shape index (κ2) is 6.35. The number of methoxy groups -OCH3 is 2. The molecule has 8 heteroatoms. The van der Waals surface area contributed by atoms with Crippen molar-refractivity contribution < 1.29 is 14.2 Å². The van der Waals surface area contributed by atoms with Gasteiger partial charge < -0.3 is 14.2 Å². The van der Waals surface area contributed by atoms with Crippen molar-refractivity contribution in [1.82, 2.24) is 19.9 Å². The fourth-order valence-corrected chi connectivity index (χ4v) is 2.03. The molecule has 2 atom stereocenters. The molecular formula is C10H17ClN4O3. The number of halogens is 1. The van der Waals surface area contributed by atoms with Crippen molar-refractivity contribution in [3.63, 3.8) is 0 Å². The van der Waals surface area contributed by atoms with Crippen LogP contribution in [0.5, 0.6) is 0 Å². The van der Waals surface area contributed by atoms with Gasteiger partial charge in [-0.1, -0.05) is 0 Å². The fraction of sp³-hybridized carbons (Fsp3) is 0.700. The van der Waals surface area contributed by atoms with Crippen LogP contribution in [0, 0.1) is 0 Å². The lowest BCUT2D eigenvalue weighted by Gasteiger charge is -2.46. The summed E-state index contributed by atoms with van der Waals surface area (Å²) < 4.78 is 16.5. The molecule has 7 nitrogen and oxygen atoms in total. The number of hydrogen-bond donors (Lipinski definition) is 0. The Labute approximate surface area is 112 Å². The molecule has 0 saturated carbocycles. The van der Waals surface area contributed by atoms with E-state index < -0.39 is 12.0 Å². The van der Waals surface area contributed by atoms with Gasteiger partial charge >= 0.3 is 0 Å². The predicted octanol–water partition coefficient (Wildman–Crippen LogP) is 0.0271. The first-order valence-corrected chi connectivity index (χ1v) is 5.29. The molecule has 0 radical (unpaired) electrons. The maximum atomic E-state index is 5.60. The maximum absolute atomic E-state index is 5.60. The molecule has 0 bridgehead atoms. The van der Waals surface area contributed by atoms with Gasteiger partial charge in [-0.15, -0.1) is 12.4 Å². The lowest BCUT2D eigenvalue weighted by Crippen LogP contribution is -2.60. The molecule has 0 aromatic carbocycles. The van der Waals surface area contributed by atoms with Crippen molar-refractivity contribution in [3.8, 4) is 0 Å². The van der Waals surface area contributed by atoms with Gasteiger partial charge in [0.1, 0.15) is 12.7 Å². The number of hydrogen-bond acceptors (Lipinski definition) is 7. The van der Waals surface area contributed by atoms with Crippen LogP contribution < -0.4 is 0 Å². The Hall–Kier alpha value is -0.860. The molecule has 1 fully saturated rings. The smallest absolute Gasteiger partial charge is 0.234 e. The largest absolute Gasteiger partial charge is 0.352 e. The summed E-state index contributed by atoms with van der Waals surface area (Å²) in [6.45, 7) is 1.28. The van der Waals surface area contributed by atoms with Crippen molar-refractivity contribution in [2.24, 2.45) is 0 Å². The molecular weight excluding hydrogens is 260 g/mol. The molecule has 2 heterocycles. The van der Waals surface area contributed by atoms with E-state index >= 15 is 0 Å². The van der Waals surface area contributed by atoms with Gasteiger partial charge in [0.25, 0.3) is 0 Å². The highest BCUT2D eigenvalue weighted by Gasteiger charge is 2.51. The third-order valence-corrected chi connectivity index (χ3v) is 2.92. The van der Waals surface area contributed by atoms with Gasteiger partial charge in [0.05, 0.1) is 6.61 Å². The van der Waals surface area contributed by atoms with E-state index in [0.717, 1.165) is 0 Å². The minimum atomic E-state index is -0.935. The van der Waals surface area contributed by atoms with Crippen LogP contribution in [0.15, 0.2) is 12.7 Å². The van der Waals surface area contributed by atoms with Crippen LogP contribution in [0.2, 0.25) is 0 Å². The van der Waals surface area contributed by atoms with E-state index in [4.69, 9.17) is 14.2 Å². The van der Waals surface area contributed by atoms with Crippen molar-refractivity contribution in [2.75, 3.05) is 34.4 Å². The second-order valence-corrected chi connectivity index (χ2v) is 3.72. The summed E-state index contributed by atoms with van der Waals surface area (Å²) in [6, 6.07) is 0. The molecule has 0 spiro atoms. The zero-order chi connectivity index (χ0) is 12.3. The van der Waals surface area contributed by atoms with Crippen LogP contribution in [0.4, 0.5) is 0 Å². The summed E-state index contributed by atoms with van der Waals surface area (Å²) in [6.07, 6.45) is 2.28. The molecule has 0 aliphatic carbocycles. The molecule has 1 aliphatic rings. The van der Waals surface area contributed by atoms with Crippen LogP contribution in [-0.2, 0) is 19.9 Å². The predicted molar refractivity (Wildman–Crippen MR) is 65.1 cm³/mol. The van der Waals surface area contributed by atoms with Gasteiger partial charge in [-0.05, 0) is 7.05 Å². The number of ether oxygens (including phenoxy) is 3. The van der Waals surface area contributed by atoms with E-state index in [1.807, 2.05) is 11.9 Å². The average Bonchev–Trinajstić information content (AvgIpc) is 2.39. The lowest BCUT2D eigenvalue weighted by atomic mass is 10.1. The van der Waals surface area contributed by atoms with Gasteiger partial charge in [0.2, 0.25) is 12.0 Å². The molecule has 18 heavy (non-hydrogen) atoms. The highest BCUT2D eigenvalue weighted by atomic mass is 35.5. The van der Waals surface area contributed by atoms with E-state index in [0.29, 0.717) is 19.0 Å². The van der Waals surface area contributed by atoms with Gasteiger partial charge in [-0.25, -0.2) is 15.0 Å². The normalized spacial score (nSPS) is 28.7. The highest BCUT2D eigenvalue weighted by molar-refractivity contribution is 5.85. The van der Waals surface area contributed by atoms with Gasteiger partial charge in [0, 0.05) is 20.8 Å². The summed E-state index contributed by atoms with van der Waals surface area (Å²) in [4.78, 5) is 14.1. The molecule has 1 aliphatic heterocycles. The number of nitrogens with zero attached hydrogens (tertiary/aromatic N) is 4. The van der Waals surface area contributed by atoms with E-state index in [-0.39, 0.29) is 12.4 Å². The number of rotatable bonds is 3. The minimum absolute atomic E-state index is 0. The first-order chi connectivity index (χ1) is 8.25. The summed E-state index contributed by atoms with van der Waals surface area (Å²) in [5.41, 5.74) is -0.935. The molecule has 2 unspecified atom stereocenters. The lowest BCUT2D eigenvalue weighted by molar-refractivity contribution is -0.324. The summed E-state index contributed by atoms with van der Waals surface area (Å²) in [5, 5.41) is 0. The standard InChI is InChI=1S/C10H16N4O3.ClH/c1-14-4-5-17-9(15-2)10(14,16-3)8-12-6-11-7-13-8;/h6-7,9H,4-5H2,1-3H3;1H. The zero-order valence-corrected chi connectivity index (χ0v) is 11.4. The monoisotopic (exact) mass is 276 g/mol. The van der Waals surface area contributed by atoms with E-state index in [9.17, 15) is 0 Å². The molecule has 1 aromatic rings. The highest BCUT2D eigenvalue weighted by Crippen LogP contribution is 2.34. The van der Waals surface area contributed by atoms with Crippen LogP contribution in [-0.4, -0.2) is 60.6 Å². The van der Waals surface area contributed by atoms with Crippen LogP contribution >= 0.6 is 12.4 Å². The van der Waals surface area contributed by atoms with Gasteiger partial charge in [-0.2, -0.15) is 0 Å². The molecule has 2 rings (SSSR count). The Kier molecular flexibility index (Phi) is 5.36. The maximum Gasteiger partial charge on any atom is 0.234 e. The Balaban J connectivity index is 0.00000162. The molecule has 0 amide bonds. The van der Waals surface area contributed by atoms with Crippen LogP contribution in [0.1, 0.15) is 5.82 Å². The minimum Gasteiger partial charge on any atom is -0.352 e. The van der Waals surface area contributed by atoms with Crippen molar-refractivity contribution >= 4 is 12.4 Å². The fourth-order valence-electron chi connectivity index (χ4n) is 2.03. The van der Waals surface area contributed by atoms with E-state index in [2.05, 4.69) is 15.0 Å². The van der Waals surface area contributed by atoms with E-state index in [1.165, 1.54) is 12.7 Å². The van der Waals surface area contributed by atoms with E-state index in [1.54, 1.807) is 14.2 Å². The molecule has 1 aromatic heterocycles. The first kappa shape index (κ1) is 15.2. The van der Waals surface area contributed by atoms with Crippen LogP contribution in [0.25, 0.3) is 0 Å². The quantitative estimate of drug-likeness (QED) is 0.771. The number of morpholine rings is 1. The van der Waals surface area contributed by atoms with Gasteiger partial charge in [-0.3, -0.25) is 4.90 Å². The summed E-state index contributed by atoms with van der Waals surface area (Å²) in [5.74, 6) is 0.476. The zero-order valence-electron chi connectivity index (χ0n) is 10.6.